The number of nitrogens with two attached hydrogens (primary N) is 1. The van der Waals surface area contributed by atoms with Crippen LogP contribution in [-0.4, -0.2) is 13.3 Å². The lowest BCUT2D eigenvalue weighted by atomic mass is 11.0. The van der Waals surface area contributed by atoms with Crippen molar-refractivity contribution in [1.29, 1.82) is 0 Å². The van der Waals surface area contributed by atoms with Gasteiger partial charge < -0.3 is 5.73 Å². The van der Waals surface area contributed by atoms with Gasteiger partial charge in [-0.2, -0.15) is 0 Å². The van der Waals surface area contributed by atoms with E-state index in [1.54, 1.807) is 0 Å². The molecule has 0 aliphatic carbocycles. The van der Waals surface area contributed by atoms with Gasteiger partial charge in [-0.05, 0) is 0 Å². The van der Waals surface area contributed by atoms with E-state index < -0.39 is 0 Å². The van der Waals surface area contributed by atoms with Crippen molar-refractivity contribution in [3.05, 3.63) is 0 Å². The summed E-state index contributed by atoms with van der Waals surface area (Å²) in [6.07, 6.45) is 0. The highest BCUT2D eigenvalue weighted by atomic mass is 15.0. The summed E-state index contributed by atoms with van der Waals surface area (Å²) < 4.78 is 0. The molecule has 4 N–H and O–H groups in total. The molecule has 0 aromatic heterocycles. The summed E-state index contributed by atoms with van der Waals surface area (Å²) in [5.74, 6) is 0. The molecule has 0 aliphatic heterocycles. The van der Waals surface area contributed by atoms with Gasteiger partial charge in [0.25, 0.3) is 0 Å². The van der Waals surface area contributed by atoms with E-state index in [0.29, 0.717) is 6.67 Å². The molecule has 31 valence electrons. The molecule has 3 heteroatoms. The molecule has 0 fully saturated rings. The summed E-state index contributed by atoms with van der Waals surface area (Å²) in [7, 11) is 0. The highest BCUT2D eigenvalue weighted by Gasteiger charge is 1.62. The van der Waals surface area contributed by atoms with E-state index in [-0.39, 0.29) is 6.67 Å². The molecular weight excluding hydrogens is 66.0 g/mol. The molecule has 0 aromatic carbocycles. The maximum absolute atomic E-state index is 6.41. The zero-order valence-corrected chi connectivity index (χ0v) is 2.99. The van der Waals surface area contributed by atoms with E-state index >= 15 is 0 Å². The summed E-state index contributed by atoms with van der Waals surface area (Å²) in [4.78, 5) is 0. The van der Waals surface area contributed by atoms with Crippen molar-refractivity contribution in [3.8, 4) is 0 Å². The SMILES string of the molecule is [NH]CNCN. The molecule has 0 saturated carbocycles. The smallest absolute Gasteiger partial charge is 0.0600 e. The second kappa shape index (κ2) is 3.88. The Kier molecular flexibility index (Phi) is 3.79. The van der Waals surface area contributed by atoms with Crippen molar-refractivity contribution in [3.63, 3.8) is 0 Å². The first-order valence-corrected chi connectivity index (χ1v) is 1.47. The van der Waals surface area contributed by atoms with Crippen molar-refractivity contribution in [2.75, 3.05) is 13.3 Å². The lowest BCUT2D eigenvalue weighted by Gasteiger charge is -1.86. The molecular formula is C2H8N3. The Morgan fingerprint density at radius 1 is 1.80 bits per heavy atom. The largest absolute Gasteiger partial charge is 0.318 e. The van der Waals surface area contributed by atoms with Crippen molar-refractivity contribution < 1.29 is 0 Å². The second-order valence-corrected chi connectivity index (χ2v) is 0.631. The van der Waals surface area contributed by atoms with Gasteiger partial charge in [-0.3, -0.25) is 5.32 Å². The molecule has 3 nitrogen and oxygen atoms in total. The Labute approximate surface area is 31.3 Å². The van der Waals surface area contributed by atoms with Crippen LogP contribution in [0.3, 0.4) is 0 Å². The van der Waals surface area contributed by atoms with Gasteiger partial charge in [-0.1, -0.05) is 0 Å². The van der Waals surface area contributed by atoms with E-state index in [1.165, 1.54) is 0 Å². The Bertz CT molecular complexity index is 12.4. The average Bonchev–Trinajstić information content (AvgIpc) is 1.41. The number of hydrogen-bond acceptors (Lipinski definition) is 2. The maximum atomic E-state index is 6.41. The number of nitrogens with one attached hydrogen (secondary N) is 2. The third-order valence-electron chi connectivity index (χ3n) is 0.269. The lowest BCUT2D eigenvalue weighted by Crippen LogP contribution is -2.23. The van der Waals surface area contributed by atoms with Gasteiger partial charge in [-0.25, -0.2) is 5.73 Å². The van der Waals surface area contributed by atoms with Gasteiger partial charge >= 0.3 is 0 Å². The van der Waals surface area contributed by atoms with Crippen molar-refractivity contribution in [1.82, 2.24) is 11.1 Å². The Morgan fingerprint density at radius 3 is 2.40 bits per heavy atom. The quantitative estimate of drug-likeness (QED) is 0.401. The number of rotatable bonds is 2. The summed E-state index contributed by atoms with van der Waals surface area (Å²) >= 11 is 0. The molecule has 0 aliphatic rings. The molecule has 0 amide bonds. The minimum Gasteiger partial charge on any atom is -0.318 e. The molecule has 1 radical (unpaired) electrons. The highest BCUT2D eigenvalue weighted by Crippen LogP contribution is 1.30. The molecule has 0 bridgehead atoms. The highest BCUT2D eigenvalue weighted by molar-refractivity contribution is 4.22. The van der Waals surface area contributed by atoms with Crippen LogP contribution in [0.2, 0.25) is 0 Å². The third-order valence-corrected chi connectivity index (χ3v) is 0.269. The molecule has 0 unspecified atom stereocenters. The fourth-order valence-electron chi connectivity index (χ4n) is 0.0722. The summed E-state index contributed by atoms with van der Waals surface area (Å²) in [6, 6.07) is 0. The van der Waals surface area contributed by atoms with Gasteiger partial charge in [-0.15, -0.1) is 0 Å². The van der Waals surface area contributed by atoms with Gasteiger partial charge in [0.15, 0.2) is 0 Å². The average molecular weight is 74.1 g/mol. The predicted molar refractivity (Wildman–Crippen MR) is 20.2 cm³/mol. The van der Waals surface area contributed by atoms with Crippen LogP contribution in [0.25, 0.3) is 0 Å². The minimum atomic E-state index is 0.219. The molecule has 0 heterocycles. The molecule has 0 saturated heterocycles. The molecule has 5 heavy (non-hydrogen) atoms. The van der Waals surface area contributed by atoms with Gasteiger partial charge in [0.2, 0.25) is 0 Å². The summed E-state index contributed by atoms with van der Waals surface area (Å²) in [5, 5.41) is 2.56. The Morgan fingerprint density at radius 2 is 2.40 bits per heavy atom. The van der Waals surface area contributed by atoms with Crippen LogP contribution in [0.1, 0.15) is 0 Å². The van der Waals surface area contributed by atoms with Gasteiger partial charge in [0.1, 0.15) is 0 Å². The topological polar surface area (TPSA) is 61.8 Å². The van der Waals surface area contributed by atoms with Crippen molar-refractivity contribution in [2.24, 2.45) is 5.73 Å². The fraction of sp³-hybridized carbons (Fsp3) is 1.00. The molecule has 0 atom stereocenters. The Hall–Kier alpha value is -0.120. The second-order valence-electron chi connectivity index (χ2n) is 0.631. The number of hydrogen-bond donors (Lipinski definition) is 2. The van der Waals surface area contributed by atoms with E-state index in [1.807, 2.05) is 0 Å². The van der Waals surface area contributed by atoms with E-state index in [2.05, 4.69) is 5.32 Å². The van der Waals surface area contributed by atoms with Crippen LogP contribution < -0.4 is 16.8 Å². The first-order chi connectivity index (χ1) is 2.41. The zero-order valence-electron chi connectivity index (χ0n) is 2.99. The maximum Gasteiger partial charge on any atom is 0.0600 e. The van der Waals surface area contributed by atoms with E-state index in [9.17, 15) is 0 Å². The fourth-order valence-corrected chi connectivity index (χ4v) is 0.0722. The first kappa shape index (κ1) is 4.88. The third kappa shape index (κ3) is 3.88. The van der Waals surface area contributed by atoms with E-state index in [4.69, 9.17) is 11.5 Å². The zero-order chi connectivity index (χ0) is 4.12. The molecule has 0 aromatic rings. The van der Waals surface area contributed by atoms with Crippen LogP contribution >= 0.6 is 0 Å². The van der Waals surface area contributed by atoms with Crippen LogP contribution in [-0.2, 0) is 0 Å². The van der Waals surface area contributed by atoms with Crippen molar-refractivity contribution in [2.45, 2.75) is 0 Å². The van der Waals surface area contributed by atoms with Crippen LogP contribution in [0.15, 0.2) is 0 Å². The van der Waals surface area contributed by atoms with Gasteiger partial charge in [0.05, 0.1) is 6.67 Å². The van der Waals surface area contributed by atoms with Gasteiger partial charge in [0, 0.05) is 6.67 Å². The first-order valence-electron chi connectivity index (χ1n) is 1.47. The van der Waals surface area contributed by atoms with Crippen LogP contribution in [0.5, 0.6) is 0 Å². The van der Waals surface area contributed by atoms with Crippen molar-refractivity contribution >= 4 is 0 Å². The standard InChI is InChI=1S/C2H8N3/c3-1-5-2-4/h3,5H,1-2,4H2. The molecule has 0 rings (SSSR count). The van der Waals surface area contributed by atoms with Crippen LogP contribution in [0.4, 0.5) is 0 Å². The summed E-state index contributed by atoms with van der Waals surface area (Å²) in [5.41, 5.74) is 11.3. The minimum absolute atomic E-state index is 0.219. The van der Waals surface area contributed by atoms with E-state index in [0.717, 1.165) is 0 Å². The Balaban J connectivity index is 2.19. The summed E-state index contributed by atoms with van der Waals surface area (Å²) in [6.45, 7) is 0.625. The predicted octanol–water partition coefficient (Wildman–Crippen LogP) is -1.27. The normalized spacial score (nSPS) is 8.40. The lowest BCUT2D eigenvalue weighted by molar-refractivity contribution is 0.712. The van der Waals surface area contributed by atoms with Crippen LogP contribution in [0, 0.1) is 0 Å². The molecule has 0 spiro atoms. The monoisotopic (exact) mass is 74.1 g/mol.